The number of nitro benzene ring substituents is 1. The highest BCUT2D eigenvalue weighted by Gasteiger charge is 2.26. The number of thiol groups is 1. The van der Waals surface area contributed by atoms with Crippen LogP contribution in [0.3, 0.4) is 0 Å². The molecule has 0 aliphatic heterocycles. The number of hydrogen-bond donors (Lipinski definition) is 2. The summed E-state index contributed by atoms with van der Waals surface area (Å²) in [6.07, 6.45) is 0. The van der Waals surface area contributed by atoms with Crippen molar-refractivity contribution in [1.29, 1.82) is 0 Å². The van der Waals surface area contributed by atoms with E-state index in [0.29, 0.717) is 0 Å². The summed E-state index contributed by atoms with van der Waals surface area (Å²) < 4.78 is 0. The molecule has 0 aliphatic carbocycles. The van der Waals surface area contributed by atoms with Crippen molar-refractivity contribution in [3.63, 3.8) is 0 Å². The van der Waals surface area contributed by atoms with Crippen LogP contribution < -0.4 is 0 Å². The number of nitrogens with zero attached hydrogens (tertiary/aromatic N) is 1. The molecule has 0 amide bonds. The van der Waals surface area contributed by atoms with Gasteiger partial charge in [-0.2, -0.15) is 0 Å². The number of para-hydroxylation sites is 1. The van der Waals surface area contributed by atoms with Crippen molar-refractivity contribution in [1.82, 2.24) is 0 Å². The molecule has 1 unspecified atom stereocenters. The van der Waals surface area contributed by atoms with Crippen molar-refractivity contribution < 1.29 is 10.0 Å². The first kappa shape index (κ1) is 10.0. The highest BCUT2D eigenvalue weighted by molar-refractivity contribution is 7.81. The zero-order valence-electron chi connectivity index (χ0n) is 6.97. The van der Waals surface area contributed by atoms with Gasteiger partial charge in [-0.3, -0.25) is 10.1 Å². The van der Waals surface area contributed by atoms with Crippen LogP contribution in [0, 0.1) is 10.1 Å². The average molecular weight is 199 g/mol. The van der Waals surface area contributed by atoms with Crippen LogP contribution in [0.2, 0.25) is 0 Å². The molecule has 1 N–H and O–H groups in total. The molecule has 0 aromatic heterocycles. The Bertz CT molecular complexity index is 332. The monoisotopic (exact) mass is 199 g/mol. The lowest BCUT2D eigenvalue weighted by Gasteiger charge is -2.15. The lowest BCUT2D eigenvalue weighted by Crippen LogP contribution is -2.14. The zero-order valence-corrected chi connectivity index (χ0v) is 7.86. The third-order valence-corrected chi connectivity index (χ3v) is 1.85. The van der Waals surface area contributed by atoms with E-state index in [4.69, 9.17) is 0 Å². The Labute approximate surface area is 80.8 Å². The van der Waals surface area contributed by atoms with Gasteiger partial charge in [0, 0.05) is 6.07 Å². The molecule has 1 aromatic carbocycles. The molecule has 0 bridgehead atoms. The lowest BCUT2D eigenvalue weighted by molar-refractivity contribution is -0.386. The molecule has 0 aliphatic rings. The molecule has 0 saturated heterocycles. The first-order valence-electron chi connectivity index (χ1n) is 3.61. The molecule has 0 saturated carbocycles. The molecule has 1 rings (SSSR count). The van der Waals surface area contributed by atoms with Crippen molar-refractivity contribution in [2.45, 2.75) is 11.9 Å². The summed E-state index contributed by atoms with van der Waals surface area (Å²) in [4.78, 5) is 8.50. The zero-order chi connectivity index (χ0) is 10.1. The summed E-state index contributed by atoms with van der Waals surface area (Å²) >= 11 is 3.86. The molecule has 1 atom stereocenters. The fourth-order valence-electron chi connectivity index (χ4n) is 1.03. The fraction of sp³-hybridized carbons (Fsp3) is 0.250. The van der Waals surface area contributed by atoms with Gasteiger partial charge in [-0.05, 0) is 13.0 Å². The van der Waals surface area contributed by atoms with E-state index >= 15 is 0 Å². The van der Waals surface area contributed by atoms with E-state index in [1.54, 1.807) is 12.1 Å². The maximum Gasteiger partial charge on any atom is 0.276 e. The van der Waals surface area contributed by atoms with E-state index in [1.165, 1.54) is 19.1 Å². The minimum Gasteiger partial charge on any atom is -0.376 e. The second-order valence-corrected chi connectivity index (χ2v) is 3.67. The third-order valence-electron chi connectivity index (χ3n) is 1.61. The Morgan fingerprint density at radius 2 is 2.08 bits per heavy atom. The normalized spacial score (nSPS) is 15.0. The Kier molecular flexibility index (Phi) is 2.58. The molecule has 1 aromatic rings. The molecule has 0 radical (unpaired) electrons. The molecule has 70 valence electrons. The Hall–Kier alpha value is -1.07. The highest BCUT2D eigenvalue weighted by Crippen LogP contribution is 2.31. The van der Waals surface area contributed by atoms with Gasteiger partial charge in [-0.25, -0.2) is 0 Å². The van der Waals surface area contributed by atoms with Crippen molar-refractivity contribution in [2.24, 2.45) is 0 Å². The SMILES string of the molecule is CC(O)(S)c1ccccc1[N+](=O)[O-]. The predicted molar refractivity (Wildman–Crippen MR) is 51.7 cm³/mol. The van der Waals surface area contributed by atoms with E-state index in [1.807, 2.05) is 0 Å². The molecule has 4 nitrogen and oxygen atoms in total. The maximum atomic E-state index is 10.5. The number of rotatable bonds is 2. The van der Waals surface area contributed by atoms with Crippen LogP contribution >= 0.6 is 12.6 Å². The largest absolute Gasteiger partial charge is 0.376 e. The fourth-order valence-corrected chi connectivity index (χ4v) is 1.22. The van der Waals surface area contributed by atoms with Crippen LogP contribution in [0.5, 0.6) is 0 Å². The van der Waals surface area contributed by atoms with Crippen LogP contribution in [0.15, 0.2) is 24.3 Å². The van der Waals surface area contributed by atoms with Crippen LogP contribution in [0.4, 0.5) is 5.69 Å². The van der Waals surface area contributed by atoms with Crippen molar-refractivity contribution in [3.05, 3.63) is 39.9 Å². The molecule has 0 heterocycles. The Balaban J connectivity index is 3.28. The van der Waals surface area contributed by atoms with Crippen molar-refractivity contribution in [2.75, 3.05) is 0 Å². The van der Waals surface area contributed by atoms with Crippen LogP contribution in [0.25, 0.3) is 0 Å². The minimum absolute atomic E-state index is 0.123. The van der Waals surface area contributed by atoms with E-state index in [9.17, 15) is 15.2 Å². The predicted octanol–water partition coefficient (Wildman–Crippen LogP) is 1.69. The number of hydrogen-bond acceptors (Lipinski definition) is 4. The van der Waals surface area contributed by atoms with Gasteiger partial charge in [0.1, 0.15) is 4.93 Å². The smallest absolute Gasteiger partial charge is 0.276 e. The lowest BCUT2D eigenvalue weighted by atomic mass is 10.1. The first-order valence-corrected chi connectivity index (χ1v) is 4.06. The molecule has 13 heavy (non-hydrogen) atoms. The topological polar surface area (TPSA) is 63.4 Å². The van der Waals surface area contributed by atoms with E-state index < -0.39 is 9.86 Å². The van der Waals surface area contributed by atoms with Gasteiger partial charge in [0.15, 0.2) is 0 Å². The molecular weight excluding hydrogens is 190 g/mol. The second kappa shape index (κ2) is 3.35. The Morgan fingerprint density at radius 1 is 1.54 bits per heavy atom. The van der Waals surface area contributed by atoms with Gasteiger partial charge >= 0.3 is 0 Å². The van der Waals surface area contributed by atoms with E-state index in [-0.39, 0.29) is 11.3 Å². The number of aliphatic hydroxyl groups is 1. The number of benzene rings is 1. The van der Waals surface area contributed by atoms with E-state index in [2.05, 4.69) is 12.6 Å². The first-order chi connectivity index (χ1) is 5.93. The summed E-state index contributed by atoms with van der Waals surface area (Å²) in [5.41, 5.74) is 0.0748. The van der Waals surface area contributed by atoms with Gasteiger partial charge in [-0.15, -0.1) is 12.6 Å². The highest BCUT2D eigenvalue weighted by atomic mass is 32.1. The van der Waals surface area contributed by atoms with Crippen molar-refractivity contribution in [3.8, 4) is 0 Å². The quantitative estimate of drug-likeness (QED) is 0.330. The average Bonchev–Trinajstić information content (AvgIpc) is 2.03. The Morgan fingerprint density at radius 3 is 2.46 bits per heavy atom. The molecule has 0 spiro atoms. The minimum atomic E-state index is -1.48. The summed E-state index contributed by atoms with van der Waals surface area (Å²) in [7, 11) is 0. The van der Waals surface area contributed by atoms with Gasteiger partial charge in [-0.1, -0.05) is 12.1 Å². The molecule has 5 heteroatoms. The van der Waals surface area contributed by atoms with Gasteiger partial charge in [0.05, 0.1) is 10.5 Å². The molecular formula is C8H9NO3S. The summed E-state index contributed by atoms with van der Waals surface area (Å²) in [6, 6.07) is 5.97. The van der Waals surface area contributed by atoms with Crippen LogP contribution in [-0.4, -0.2) is 10.0 Å². The standard InChI is InChI=1S/C8H9NO3S/c1-8(10,13)6-4-2-3-5-7(6)9(11)12/h2-5,10,13H,1H3. The van der Waals surface area contributed by atoms with Gasteiger partial charge in [0.2, 0.25) is 0 Å². The molecule has 0 fully saturated rings. The van der Waals surface area contributed by atoms with E-state index in [0.717, 1.165) is 0 Å². The van der Waals surface area contributed by atoms with Crippen molar-refractivity contribution >= 4 is 18.3 Å². The summed E-state index contributed by atoms with van der Waals surface area (Å²) in [5, 5.41) is 20.0. The van der Waals surface area contributed by atoms with Gasteiger partial charge in [0.25, 0.3) is 5.69 Å². The maximum absolute atomic E-state index is 10.5. The summed E-state index contributed by atoms with van der Waals surface area (Å²) in [6.45, 7) is 1.39. The van der Waals surface area contributed by atoms with Gasteiger partial charge < -0.3 is 5.11 Å². The third kappa shape index (κ3) is 2.19. The number of nitro groups is 1. The summed E-state index contributed by atoms with van der Waals surface area (Å²) in [5.74, 6) is 0. The second-order valence-electron chi connectivity index (χ2n) is 2.80. The van der Waals surface area contributed by atoms with Crippen LogP contribution in [0.1, 0.15) is 12.5 Å². The van der Waals surface area contributed by atoms with Crippen LogP contribution in [-0.2, 0) is 4.93 Å².